The molecule has 8 heteroatoms. The summed E-state index contributed by atoms with van der Waals surface area (Å²) in [5.41, 5.74) is 2.32. The second-order valence-corrected chi connectivity index (χ2v) is 8.35. The Labute approximate surface area is 200 Å². The van der Waals surface area contributed by atoms with Crippen LogP contribution in [0.15, 0.2) is 65.1 Å². The van der Waals surface area contributed by atoms with E-state index in [1.165, 1.54) is 36.4 Å². The van der Waals surface area contributed by atoms with Crippen molar-refractivity contribution in [3.05, 3.63) is 83.4 Å². The third kappa shape index (κ3) is 4.57. The number of rotatable bonds is 6. The molecule has 1 unspecified atom stereocenters. The van der Waals surface area contributed by atoms with Crippen molar-refractivity contribution in [2.24, 2.45) is 0 Å². The van der Waals surface area contributed by atoms with Crippen LogP contribution in [0.3, 0.4) is 0 Å². The molecule has 0 aliphatic carbocycles. The molecule has 2 heterocycles. The van der Waals surface area contributed by atoms with E-state index in [4.69, 9.17) is 13.9 Å². The Balaban J connectivity index is 1.64. The molecule has 0 amide bonds. The maximum Gasteiger partial charge on any atom is 0.340 e. The first-order valence-corrected chi connectivity index (χ1v) is 11.3. The molecule has 0 saturated carbocycles. The largest absolute Gasteiger partial charge is 0.484 e. The van der Waals surface area contributed by atoms with Gasteiger partial charge in [-0.3, -0.25) is 0 Å². The van der Waals surface area contributed by atoms with Crippen LogP contribution in [0.4, 0.5) is 14.5 Å². The quantitative estimate of drug-likeness (QED) is 0.363. The summed E-state index contributed by atoms with van der Waals surface area (Å²) in [7, 11) is 0. The first kappa shape index (κ1) is 22.9. The van der Waals surface area contributed by atoms with Crippen molar-refractivity contribution in [3.8, 4) is 17.1 Å². The number of carbonyl (C=O) groups is 1. The van der Waals surface area contributed by atoms with E-state index in [9.17, 15) is 18.7 Å². The monoisotopic (exact) mass is 479 g/mol. The van der Waals surface area contributed by atoms with E-state index in [2.05, 4.69) is 4.90 Å². The van der Waals surface area contributed by atoms with E-state index >= 15 is 0 Å². The number of anilines is 1. The Morgan fingerprint density at radius 3 is 2.26 bits per heavy atom. The normalized spacial score (nSPS) is 14.8. The topological polar surface area (TPSA) is 72.1 Å². The molecule has 1 saturated heterocycles. The zero-order valence-electron chi connectivity index (χ0n) is 19.0. The Morgan fingerprint density at radius 1 is 1.00 bits per heavy atom. The third-order valence-corrected chi connectivity index (χ3v) is 6.08. The van der Waals surface area contributed by atoms with E-state index in [1.807, 2.05) is 6.92 Å². The van der Waals surface area contributed by atoms with Crippen molar-refractivity contribution in [3.63, 3.8) is 0 Å². The minimum absolute atomic E-state index is 0.0283. The number of ether oxygens (including phenoxy) is 2. The highest BCUT2D eigenvalue weighted by molar-refractivity contribution is 6.09. The molecule has 6 nitrogen and oxygen atoms in total. The smallest absolute Gasteiger partial charge is 0.340 e. The summed E-state index contributed by atoms with van der Waals surface area (Å²) in [6, 6.07) is 15.0. The van der Waals surface area contributed by atoms with E-state index < -0.39 is 17.9 Å². The molecular formula is C27H23F2NO5. The van der Waals surface area contributed by atoms with Gasteiger partial charge in [0.1, 0.15) is 40.4 Å². The second kappa shape index (κ2) is 9.38. The van der Waals surface area contributed by atoms with Crippen LogP contribution in [0.25, 0.3) is 22.3 Å². The highest BCUT2D eigenvalue weighted by Crippen LogP contribution is 2.42. The molecule has 3 aromatic carbocycles. The lowest BCUT2D eigenvalue weighted by molar-refractivity contribution is 0.0699. The molecule has 180 valence electrons. The summed E-state index contributed by atoms with van der Waals surface area (Å²) >= 11 is 0. The fourth-order valence-electron chi connectivity index (χ4n) is 4.27. The minimum atomic E-state index is -1.17. The molecule has 4 aromatic rings. The predicted molar refractivity (Wildman–Crippen MR) is 127 cm³/mol. The third-order valence-electron chi connectivity index (χ3n) is 6.08. The first-order chi connectivity index (χ1) is 16.9. The maximum absolute atomic E-state index is 13.5. The Morgan fingerprint density at radius 2 is 1.63 bits per heavy atom. The molecule has 0 bridgehead atoms. The average Bonchev–Trinajstić information content (AvgIpc) is 3.23. The van der Waals surface area contributed by atoms with Crippen molar-refractivity contribution < 1.29 is 32.6 Å². The highest BCUT2D eigenvalue weighted by Gasteiger charge is 2.26. The number of benzene rings is 3. The molecule has 1 fully saturated rings. The van der Waals surface area contributed by atoms with Crippen molar-refractivity contribution in [1.29, 1.82) is 0 Å². The lowest BCUT2D eigenvalue weighted by atomic mass is 10.0. The van der Waals surface area contributed by atoms with Gasteiger partial charge in [0.2, 0.25) is 0 Å². The minimum Gasteiger partial charge on any atom is -0.484 e. The Kier molecular flexibility index (Phi) is 6.13. The molecule has 35 heavy (non-hydrogen) atoms. The van der Waals surface area contributed by atoms with Gasteiger partial charge in [0, 0.05) is 30.1 Å². The molecule has 0 radical (unpaired) electrons. The van der Waals surface area contributed by atoms with E-state index in [0.717, 1.165) is 11.3 Å². The van der Waals surface area contributed by atoms with Gasteiger partial charge in [-0.15, -0.1) is 0 Å². The van der Waals surface area contributed by atoms with Gasteiger partial charge in [-0.2, -0.15) is 0 Å². The van der Waals surface area contributed by atoms with Crippen LogP contribution in [0.5, 0.6) is 5.75 Å². The summed E-state index contributed by atoms with van der Waals surface area (Å²) < 4.78 is 44.7. The molecule has 1 atom stereocenters. The lowest BCUT2D eigenvalue weighted by Crippen LogP contribution is -2.36. The van der Waals surface area contributed by atoms with Crippen molar-refractivity contribution in [2.45, 2.75) is 13.0 Å². The standard InChI is InChI=1S/C27H23F2NO5/c1-16(17-2-6-19(28)7-3-17)34-24-14-21-23(15-22(24)30-10-12-33-13-11-30)35-26(25(21)27(31)32)18-4-8-20(29)9-5-18/h2-9,14-16H,10-13H2,1H3,(H,31,32). The average molecular weight is 479 g/mol. The van der Waals surface area contributed by atoms with E-state index in [0.29, 0.717) is 48.6 Å². The summed E-state index contributed by atoms with van der Waals surface area (Å²) in [6.45, 7) is 4.20. The summed E-state index contributed by atoms with van der Waals surface area (Å²) in [5, 5.41) is 10.4. The van der Waals surface area contributed by atoms with Crippen molar-refractivity contribution in [1.82, 2.24) is 0 Å². The van der Waals surface area contributed by atoms with E-state index in [1.54, 1.807) is 24.3 Å². The van der Waals surface area contributed by atoms with Crippen LogP contribution < -0.4 is 9.64 Å². The van der Waals surface area contributed by atoms with Crippen LogP contribution in [0.1, 0.15) is 28.9 Å². The zero-order valence-corrected chi connectivity index (χ0v) is 19.0. The van der Waals surface area contributed by atoms with Crippen molar-refractivity contribution in [2.75, 3.05) is 31.2 Å². The number of fused-ring (bicyclic) bond motifs is 1. The van der Waals surface area contributed by atoms with Crippen LogP contribution in [-0.4, -0.2) is 37.4 Å². The van der Waals surface area contributed by atoms with Crippen LogP contribution in [-0.2, 0) is 4.74 Å². The van der Waals surface area contributed by atoms with Gasteiger partial charge >= 0.3 is 5.97 Å². The molecule has 1 aromatic heterocycles. The number of carboxylic acid groups (broad SMARTS) is 1. The lowest BCUT2D eigenvalue weighted by Gasteiger charge is -2.31. The van der Waals surface area contributed by atoms with Gasteiger partial charge in [-0.1, -0.05) is 12.1 Å². The molecule has 1 aliphatic rings. The molecular weight excluding hydrogens is 456 g/mol. The van der Waals surface area contributed by atoms with Crippen LogP contribution in [0.2, 0.25) is 0 Å². The van der Waals surface area contributed by atoms with Crippen LogP contribution in [0, 0.1) is 11.6 Å². The number of aromatic carboxylic acids is 1. The Bertz CT molecular complexity index is 1360. The SMILES string of the molecule is CC(Oc1cc2c(C(=O)O)c(-c3ccc(F)cc3)oc2cc1N1CCOCC1)c1ccc(F)cc1. The predicted octanol–water partition coefficient (Wildman–Crippen LogP) is 6.05. The fourth-order valence-corrected chi connectivity index (χ4v) is 4.27. The summed E-state index contributed by atoms with van der Waals surface area (Å²) in [6.07, 6.45) is -0.426. The molecule has 0 spiro atoms. The molecule has 1 aliphatic heterocycles. The molecule has 5 rings (SSSR count). The number of halogens is 2. The van der Waals surface area contributed by atoms with Gasteiger partial charge in [0.05, 0.1) is 18.9 Å². The van der Waals surface area contributed by atoms with Crippen LogP contribution >= 0.6 is 0 Å². The number of morpholine rings is 1. The highest BCUT2D eigenvalue weighted by atomic mass is 19.1. The number of furan rings is 1. The van der Waals surface area contributed by atoms with Gasteiger partial charge in [0.15, 0.2) is 0 Å². The number of nitrogens with zero attached hydrogens (tertiary/aromatic N) is 1. The molecule has 1 N–H and O–H groups in total. The van der Waals surface area contributed by atoms with E-state index in [-0.39, 0.29) is 17.1 Å². The Hall–Kier alpha value is -3.91. The summed E-state index contributed by atoms with van der Waals surface area (Å²) in [4.78, 5) is 14.4. The van der Waals surface area contributed by atoms with Gasteiger partial charge in [0.25, 0.3) is 0 Å². The van der Waals surface area contributed by atoms with Gasteiger partial charge < -0.3 is 23.9 Å². The maximum atomic E-state index is 13.5. The second-order valence-electron chi connectivity index (χ2n) is 8.35. The fraction of sp³-hybridized carbons (Fsp3) is 0.222. The number of hydrogen-bond donors (Lipinski definition) is 1. The van der Waals surface area contributed by atoms with Gasteiger partial charge in [-0.25, -0.2) is 13.6 Å². The first-order valence-electron chi connectivity index (χ1n) is 11.3. The van der Waals surface area contributed by atoms with Gasteiger partial charge in [-0.05, 0) is 55.0 Å². The zero-order chi connectivity index (χ0) is 24.5. The number of hydrogen-bond acceptors (Lipinski definition) is 5. The number of carboxylic acids is 1. The van der Waals surface area contributed by atoms with Crippen molar-refractivity contribution >= 4 is 22.6 Å². The summed E-state index contributed by atoms with van der Waals surface area (Å²) in [5.74, 6) is -1.31.